The second kappa shape index (κ2) is 13.6. The van der Waals surface area contributed by atoms with Crippen LogP contribution in [0.15, 0.2) is 35.3 Å². The van der Waals surface area contributed by atoms with Crippen LogP contribution in [0.1, 0.15) is 12.5 Å². The van der Waals surface area contributed by atoms with Gasteiger partial charge >= 0.3 is 0 Å². The number of aliphatic imine (C=N–C) groups is 1. The molecule has 0 aliphatic carbocycles. The Labute approximate surface area is 157 Å². The average Bonchev–Trinajstić information content (AvgIpc) is 2.52. The minimum atomic E-state index is 0. The first kappa shape index (κ1) is 22.1. The van der Waals surface area contributed by atoms with Crippen LogP contribution in [0.3, 0.4) is 0 Å². The summed E-state index contributed by atoms with van der Waals surface area (Å²) in [5.74, 6) is 0.847. The normalized spacial score (nSPS) is 12.7. The third kappa shape index (κ3) is 9.78. The van der Waals surface area contributed by atoms with Crippen molar-refractivity contribution in [3.8, 4) is 0 Å². The maximum atomic E-state index is 5.06. The van der Waals surface area contributed by atoms with Crippen molar-refractivity contribution in [2.45, 2.75) is 19.4 Å². The van der Waals surface area contributed by atoms with Crippen LogP contribution in [0.4, 0.5) is 0 Å². The molecule has 2 N–H and O–H groups in total. The predicted octanol–water partition coefficient (Wildman–Crippen LogP) is 1.98. The standard InChI is InChI=1S/C17H30N4O.HI/c1-5-18-17(19-11-12-22-4)20-14-16(21(2)3)13-15-9-7-6-8-10-15;/h6-10,16H,5,11-14H2,1-4H3,(H2,18,19,20);1H. The van der Waals surface area contributed by atoms with Crippen molar-refractivity contribution in [3.63, 3.8) is 0 Å². The van der Waals surface area contributed by atoms with Crippen molar-refractivity contribution in [3.05, 3.63) is 35.9 Å². The summed E-state index contributed by atoms with van der Waals surface area (Å²) in [4.78, 5) is 6.93. The van der Waals surface area contributed by atoms with E-state index in [1.54, 1.807) is 7.11 Å². The van der Waals surface area contributed by atoms with Gasteiger partial charge in [-0.25, -0.2) is 0 Å². The van der Waals surface area contributed by atoms with E-state index in [1.165, 1.54) is 5.56 Å². The summed E-state index contributed by atoms with van der Waals surface area (Å²) < 4.78 is 5.06. The maximum Gasteiger partial charge on any atom is 0.191 e. The van der Waals surface area contributed by atoms with Crippen molar-refractivity contribution in [2.24, 2.45) is 4.99 Å². The van der Waals surface area contributed by atoms with Crippen LogP contribution in [0, 0.1) is 0 Å². The van der Waals surface area contributed by atoms with Crippen LogP contribution in [-0.2, 0) is 11.2 Å². The first-order chi connectivity index (χ1) is 10.7. The monoisotopic (exact) mass is 434 g/mol. The second-order valence-electron chi connectivity index (χ2n) is 5.45. The molecule has 0 aromatic heterocycles. The van der Waals surface area contributed by atoms with Gasteiger partial charge in [-0.15, -0.1) is 24.0 Å². The molecule has 0 amide bonds. The molecule has 0 bridgehead atoms. The van der Waals surface area contributed by atoms with E-state index in [0.29, 0.717) is 12.6 Å². The molecule has 0 fully saturated rings. The Morgan fingerprint density at radius 1 is 1.22 bits per heavy atom. The maximum absolute atomic E-state index is 5.06. The smallest absolute Gasteiger partial charge is 0.191 e. The molecule has 6 heteroatoms. The van der Waals surface area contributed by atoms with Crippen LogP contribution in [-0.4, -0.2) is 64.3 Å². The molecule has 0 spiro atoms. The lowest BCUT2D eigenvalue weighted by molar-refractivity contribution is 0.203. The molecule has 5 nitrogen and oxygen atoms in total. The van der Waals surface area contributed by atoms with E-state index >= 15 is 0 Å². The van der Waals surface area contributed by atoms with Gasteiger partial charge in [0, 0.05) is 26.2 Å². The summed E-state index contributed by atoms with van der Waals surface area (Å²) in [6, 6.07) is 10.9. The number of rotatable bonds is 9. The molecule has 1 unspecified atom stereocenters. The van der Waals surface area contributed by atoms with Crippen molar-refractivity contribution >= 4 is 29.9 Å². The molecule has 1 aromatic carbocycles. The minimum absolute atomic E-state index is 0. The number of halogens is 1. The zero-order valence-corrected chi connectivity index (χ0v) is 17.0. The topological polar surface area (TPSA) is 48.9 Å². The number of likely N-dealkylation sites (N-methyl/N-ethyl adjacent to an activating group) is 1. The van der Waals surface area contributed by atoms with E-state index in [0.717, 1.165) is 32.0 Å². The molecule has 0 radical (unpaired) electrons. The van der Waals surface area contributed by atoms with Crippen molar-refractivity contribution in [2.75, 3.05) is 47.4 Å². The van der Waals surface area contributed by atoms with Gasteiger partial charge in [0.05, 0.1) is 13.2 Å². The zero-order chi connectivity index (χ0) is 16.2. The number of hydrogen-bond donors (Lipinski definition) is 2. The molecule has 0 heterocycles. The quantitative estimate of drug-likeness (QED) is 0.270. The van der Waals surface area contributed by atoms with Crippen LogP contribution in [0.25, 0.3) is 0 Å². The van der Waals surface area contributed by atoms with Gasteiger partial charge in [-0.3, -0.25) is 4.99 Å². The highest BCUT2D eigenvalue weighted by Gasteiger charge is 2.12. The zero-order valence-electron chi connectivity index (χ0n) is 14.7. The number of benzene rings is 1. The molecule has 0 aliphatic rings. The summed E-state index contributed by atoms with van der Waals surface area (Å²) in [6.45, 7) is 5.11. The highest BCUT2D eigenvalue weighted by atomic mass is 127. The summed E-state index contributed by atoms with van der Waals surface area (Å²) in [7, 11) is 5.91. The molecule has 132 valence electrons. The van der Waals surface area contributed by atoms with E-state index in [-0.39, 0.29) is 24.0 Å². The predicted molar refractivity (Wildman–Crippen MR) is 109 cm³/mol. The van der Waals surface area contributed by atoms with Gasteiger partial charge in [-0.1, -0.05) is 30.3 Å². The number of ether oxygens (including phenoxy) is 1. The van der Waals surface area contributed by atoms with E-state index in [4.69, 9.17) is 9.73 Å². The Morgan fingerprint density at radius 2 is 1.91 bits per heavy atom. The minimum Gasteiger partial charge on any atom is -0.383 e. The number of nitrogens with zero attached hydrogens (tertiary/aromatic N) is 2. The molecular weight excluding hydrogens is 403 g/mol. The number of nitrogens with one attached hydrogen (secondary N) is 2. The van der Waals surface area contributed by atoms with Gasteiger partial charge in [0.25, 0.3) is 0 Å². The average molecular weight is 434 g/mol. The van der Waals surface area contributed by atoms with Crippen LogP contribution in [0.2, 0.25) is 0 Å². The second-order valence-corrected chi connectivity index (χ2v) is 5.45. The fourth-order valence-electron chi connectivity index (χ4n) is 2.11. The number of hydrogen-bond acceptors (Lipinski definition) is 3. The first-order valence-electron chi connectivity index (χ1n) is 7.88. The molecule has 1 aromatic rings. The fraction of sp³-hybridized carbons (Fsp3) is 0.588. The lowest BCUT2D eigenvalue weighted by Crippen LogP contribution is -2.40. The highest BCUT2D eigenvalue weighted by molar-refractivity contribution is 14.0. The Kier molecular flexibility index (Phi) is 13.1. The Hall–Kier alpha value is -0.860. The summed E-state index contributed by atoms with van der Waals surface area (Å²) >= 11 is 0. The Balaban J connectivity index is 0.00000484. The van der Waals surface area contributed by atoms with E-state index in [2.05, 4.69) is 66.9 Å². The molecular formula is C17H31IN4O. The largest absolute Gasteiger partial charge is 0.383 e. The third-order valence-corrected chi connectivity index (χ3v) is 3.45. The molecule has 0 saturated heterocycles. The SMILES string of the molecule is CCNC(=NCC(Cc1ccccc1)N(C)C)NCCOC.I. The van der Waals surface area contributed by atoms with E-state index < -0.39 is 0 Å². The Morgan fingerprint density at radius 3 is 2.48 bits per heavy atom. The summed E-state index contributed by atoms with van der Waals surface area (Å²) in [6.07, 6.45) is 0.995. The fourth-order valence-corrected chi connectivity index (χ4v) is 2.11. The Bertz CT molecular complexity index is 426. The lowest BCUT2D eigenvalue weighted by atomic mass is 10.1. The molecule has 23 heavy (non-hydrogen) atoms. The van der Waals surface area contributed by atoms with Gasteiger partial charge < -0.3 is 20.3 Å². The van der Waals surface area contributed by atoms with Crippen molar-refractivity contribution < 1.29 is 4.74 Å². The molecule has 0 aliphatic heterocycles. The third-order valence-electron chi connectivity index (χ3n) is 3.45. The lowest BCUT2D eigenvalue weighted by Gasteiger charge is -2.23. The van der Waals surface area contributed by atoms with Crippen LogP contribution >= 0.6 is 24.0 Å². The van der Waals surface area contributed by atoms with Crippen molar-refractivity contribution in [1.29, 1.82) is 0 Å². The number of methoxy groups -OCH3 is 1. The van der Waals surface area contributed by atoms with Crippen LogP contribution in [0.5, 0.6) is 0 Å². The number of guanidine groups is 1. The molecule has 1 rings (SSSR count). The van der Waals surface area contributed by atoms with Gasteiger partial charge in [-0.2, -0.15) is 0 Å². The van der Waals surface area contributed by atoms with E-state index in [9.17, 15) is 0 Å². The van der Waals surface area contributed by atoms with Gasteiger partial charge in [0.1, 0.15) is 0 Å². The first-order valence-corrected chi connectivity index (χ1v) is 7.88. The molecule has 1 atom stereocenters. The van der Waals surface area contributed by atoms with Crippen molar-refractivity contribution in [1.82, 2.24) is 15.5 Å². The summed E-state index contributed by atoms with van der Waals surface area (Å²) in [5.41, 5.74) is 1.34. The summed E-state index contributed by atoms with van der Waals surface area (Å²) in [5, 5.41) is 6.54. The van der Waals surface area contributed by atoms with Gasteiger partial charge in [-0.05, 0) is 33.0 Å². The van der Waals surface area contributed by atoms with Gasteiger partial charge in [0.2, 0.25) is 0 Å². The molecule has 0 saturated carbocycles. The van der Waals surface area contributed by atoms with Gasteiger partial charge in [0.15, 0.2) is 5.96 Å². The van der Waals surface area contributed by atoms with Crippen LogP contribution < -0.4 is 10.6 Å². The van der Waals surface area contributed by atoms with E-state index in [1.807, 2.05) is 0 Å². The highest BCUT2D eigenvalue weighted by Crippen LogP contribution is 2.07.